The van der Waals surface area contributed by atoms with E-state index in [9.17, 15) is 30.0 Å². The second-order valence-corrected chi connectivity index (χ2v) is 10.8. The summed E-state index contributed by atoms with van der Waals surface area (Å²) in [5.74, 6) is -0.430. The summed E-state index contributed by atoms with van der Waals surface area (Å²) < 4.78 is 0. The largest absolute Gasteiger partial charge is 0.465 e. The van der Waals surface area contributed by atoms with E-state index in [0.29, 0.717) is 19.3 Å². The Morgan fingerprint density at radius 3 is 1.74 bits per heavy atom. The molecule has 0 bridgehead atoms. The van der Waals surface area contributed by atoms with Crippen molar-refractivity contribution in [1.82, 2.24) is 16.0 Å². The van der Waals surface area contributed by atoms with Crippen LogP contribution in [0.4, 0.5) is 4.79 Å². The van der Waals surface area contributed by atoms with Crippen molar-refractivity contribution < 1.29 is 30.0 Å². The number of rotatable bonds is 13. The number of carbonyl (C=O) groups excluding carboxylic acids is 1. The van der Waals surface area contributed by atoms with Crippen molar-refractivity contribution in [2.45, 2.75) is 74.8 Å². The average molecular weight is 526 g/mol. The average Bonchev–Trinajstić information content (AvgIpc) is 3.62. The van der Waals surface area contributed by atoms with Gasteiger partial charge in [-0.25, -0.2) is 4.79 Å². The normalized spacial score (nSPS) is 22.8. The van der Waals surface area contributed by atoms with Gasteiger partial charge >= 0.3 is 6.09 Å². The number of carboxylic acid groups (broad SMARTS) is 1. The van der Waals surface area contributed by atoms with E-state index in [2.05, 4.69) is 16.0 Å². The van der Waals surface area contributed by atoms with Crippen LogP contribution in [0.1, 0.15) is 43.2 Å². The van der Waals surface area contributed by atoms with Crippen molar-refractivity contribution in [2.24, 2.45) is 5.41 Å². The van der Waals surface area contributed by atoms with Gasteiger partial charge in [-0.3, -0.25) is 4.79 Å². The quantitative estimate of drug-likeness (QED) is 0.210. The van der Waals surface area contributed by atoms with Gasteiger partial charge in [-0.2, -0.15) is 0 Å². The van der Waals surface area contributed by atoms with Crippen LogP contribution in [0.2, 0.25) is 0 Å². The number of aliphatic hydroxyl groups is 3. The van der Waals surface area contributed by atoms with Crippen molar-refractivity contribution in [3.8, 4) is 0 Å². The molecule has 1 spiro atoms. The van der Waals surface area contributed by atoms with Gasteiger partial charge in [-0.05, 0) is 56.1 Å². The Kier molecular flexibility index (Phi) is 9.04. The highest BCUT2D eigenvalue weighted by atomic mass is 16.4. The summed E-state index contributed by atoms with van der Waals surface area (Å²) in [5, 5.41) is 50.6. The molecule has 2 amide bonds. The van der Waals surface area contributed by atoms with Gasteiger partial charge in [-0.15, -0.1) is 0 Å². The molecule has 5 atom stereocenters. The molecule has 206 valence electrons. The van der Waals surface area contributed by atoms with Crippen LogP contribution in [0.25, 0.3) is 0 Å². The Morgan fingerprint density at radius 2 is 1.26 bits per heavy atom. The van der Waals surface area contributed by atoms with Crippen molar-refractivity contribution >= 4 is 12.0 Å². The number of hydrogen-bond acceptors (Lipinski definition) is 6. The fourth-order valence-corrected chi connectivity index (χ4v) is 5.74. The summed E-state index contributed by atoms with van der Waals surface area (Å²) in [6.45, 7) is 0.0947. The molecule has 4 rings (SSSR count). The van der Waals surface area contributed by atoms with Gasteiger partial charge in [0.05, 0.1) is 24.3 Å². The van der Waals surface area contributed by atoms with Crippen LogP contribution in [0.15, 0.2) is 60.7 Å². The van der Waals surface area contributed by atoms with Gasteiger partial charge in [-0.1, -0.05) is 60.7 Å². The molecule has 2 unspecified atom stereocenters. The topological polar surface area (TPSA) is 151 Å². The molecule has 2 aliphatic carbocycles. The van der Waals surface area contributed by atoms with E-state index >= 15 is 0 Å². The first-order chi connectivity index (χ1) is 18.2. The van der Waals surface area contributed by atoms with Crippen LogP contribution < -0.4 is 16.0 Å². The SMILES string of the molecule is O=C(O)N[C@@H](Cc1ccccc1)[C@H](O)CNCC(O)[C@H](Cc1ccccc1)NC(=O)C1(O)CCCC12CC2. The number of nitrogens with one attached hydrogen (secondary N) is 3. The Hall–Kier alpha value is -2.98. The zero-order valence-corrected chi connectivity index (χ0v) is 21.6. The Bertz CT molecular complexity index is 1060. The Balaban J connectivity index is 1.37. The molecule has 9 heteroatoms. The minimum Gasteiger partial charge on any atom is -0.465 e. The maximum absolute atomic E-state index is 13.3. The zero-order chi connectivity index (χ0) is 27.2. The number of carbonyl (C=O) groups is 2. The first-order valence-corrected chi connectivity index (χ1v) is 13.4. The van der Waals surface area contributed by atoms with E-state index in [1.54, 1.807) is 0 Å². The molecule has 0 aliphatic heterocycles. The third kappa shape index (κ3) is 6.71. The molecule has 0 heterocycles. The number of aliphatic hydroxyl groups excluding tert-OH is 2. The molecule has 2 fully saturated rings. The third-order valence-electron chi connectivity index (χ3n) is 8.16. The molecular formula is C29H39N3O6. The lowest BCUT2D eigenvalue weighted by Gasteiger charge is -2.33. The van der Waals surface area contributed by atoms with Crippen molar-refractivity contribution in [1.29, 1.82) is 0 Å². The highest BCUT2D eigenvalue weighted by Gasteiger charge is 2.65. The molecule has 2 aromatic rings. The van der Waals surface area contributed by atoms with Gasteiger partial charge in [0.1, 0.15) is 5.60 Å². The van der Waals surface area contributed by atoms with Crippen molar-refractivity contribution in [3.63, 3.8) is 0 Å². The van der Waals surface area contributed by atoms with Crippen LogP contribution in [-0.4, -0.2) is 75.4 Å². The maximum atomic E-state index is 13.3. The summed E-state index contributed by atoms with van der Waals surface area (Å²) in [6.07, 6.45) is 1.17. The van der Waals surface area contributed by atoms with Crippen LogP contribution in [0.5, 0.6) is 0 Å². The van der Waals surface area contributed by atoms with Crippen LogP contribution in [-0.2, 0) is 17.6 Å². The summed E-state index contributed by atoms with van der Waals surface area (Å²) in [7, 11) is 0. The predicted octanol–water partition coefficient (Wildman–Crippen LogP) is 1.60. The lowest BCUT2D eigenvalue weighted by Crippen LogP contribution is -2.57. The molecule has 0 aromatic heterocycles. The van der Waals surface area contributed by atoms with E-state index in [4.69, 9.17) is 0 Å². The van der Waals surface area contributed by atoms with Gasteiger partial charge < -0.3 is 36.4 Å². The van der Waals surface area contributed by atoms with E-state index in [-0.39, 0.29) is 18.5 Å². The minimum atomic E-state index is -1.40. The van der Waals surface area contributed by atoms with Crippen LogP contribution >= 0.6 is 0 Å². The summed E-state index contributed by atoms with van der Waals surface area (Å²) >= 11 is 0. The lowest BCUT2D eigenvalue weighted by molar-refractivity contribution is -0.147. The fraction of sp³-hybridized carbons (Fsp3) is 0.517. The fourth-order valence-electron chi connectivity index (χ4n) is 5.74. The van der Waals surface area contributed by atoms with E-state index in [0.717, 1.165) is 36.8 Å². The van der Waals surface area contributed by atoms with E-state index in [1.165, 1.54) is 0 Å². The van der Waals surface area contributed by atoms with Gasteiger partial charge in [0, 0.05) is 18.5 Å². The third-order valence-corrected chi connectivity index (χ3v) is 8.16. The molecule has 2 aliphatic rings. The molecule has 38 heavy (non-hydrogen) atoms. The van der Waals surface area contributed by atoms with Crippen molar-refractivity contribution in [2.75, 3.05) is 13.1 Å². The first kappa shape index (κ1) is 28.0. The molecule has 0 radical (unpaired) electrons. The Morgan fingerprint density at radius 1 is 0.763 bits per heavy atom. The predicted molar refractivity (Wildman–Crippen MR) is 143 cm³/mol. The van der Waals surface area contributed by atoms with E-state index < -0.39 is 41.9 Å². The van der Waals surface area contributed by atoms with E-state index in [1.807, 2.05) is 60.7 Å². The second-order valence-electron chi connectivity index (χ2n) is 10.8. The number of hydrogen-bond donors (Lipinski definition) is 7. The first-order valence-electron chi connectivity index (χ1n) is 13.4. The maximum Gasteiger partial charge on any atom is 0.404 e. The van der Waals surface area contributed by atoms with Gasteiger partial charge in [0.2, 0.25) is 0 Å². The molecule has 2 saturated carbocycles. The summed E-state index contributed by atoms with van der Waals surface area (Å²) in [4.78, 5) is 24.6. The minimum absolute atomic E-state index is 0.0356. The van der Waals surface area contributed by atoms with Gasteiger partial charge in [0.15, 0.2) is 0 Å². The highest BCUT2D eigenvalue weighted by Crippen LogP contribution is 2.63. The standard InChI is InChI=1S/C29H39N3O6/c33-24(18-30-19-25(34)23(32-27(36)37)17-21-10-5-2-6-11-21)22(16-20-8-3-1-4-9-20)31-26(35)29(38)13-7-12-28(29)14-15-28/h1-6,8-11,22-25,30,32-34,38H,7,12-19H2,(H,31,35)(H,36,37)/t22-,23-,24?,25+,29?/m0/s1. The molecule has 0 saturated heterocycles. The molecule has 9 nitrogen and oxygen atoms in total. The summed E-state index contributed by atoms with van der Waals surface area (Å²) in [6, 6.07) is 17.4. The van der Waals surface area contributed by atoms with Crippen LogP contribution in [0.3, 0.4) is 0 Å². The number of amides is 2. The zero-order valence-electron chi connectivity index (χ0n) is 21.6. The smallest absolute Gasteiger partial charge is 0.404 e. The molecule has 2 aromatic carbocycles. The lowest BCUT2D eigenvalue weighted by atomic mass is 9.86. The Labute approximate surface area is 223 Å². The van der Waals surface area contributed by atoms with Crippen LogP contribution in [0, 0.1) is 5.41 Å². The highest BCUT2D eigenvalue weighted by molar-refractivity contribution is 5.87. The number of benzene rings is 2. The van der Waals surface area contributed by atoms with Gasteiger partial charge in [0.25, 0.3) is 5.91 Å². The molecule has 7 N–H and O–H groups in total. The summed E-state index contributed by atoms with van der Waals surface area (Å²) in [5.41, 5.74) is 0.0877. The molecular weight excluding hydrogens is 486 g/mol. The second kappa shape index (κ2) is 12.3. The van der Waals surface area contributed by atoms with Crippen molar-refractivity contribution in [3.05, 3.63) is 71.8 Å². The monoisotopic (exact) mass is 525 g/mol.